The second kappa shape index (κ2) is 4.21. The van der Waals surface area contributed by atoms with Gasteiger partial charge in [0.05, 0.1) is 11.3 Å². The van der Waals surface area contributed by atoms with E-state index in [0.717, 1.165) is 4.72 Å². The van der Waals surface area contributed by atoms with E-state index in [2.05, 4.69) is 11.5 Å². The van der Waals surface area contributed by atoms with Crippen LogP contribution in [0.1, 0.15) is 0 Å². The number of primary amides is 2. The Balaban J connectivity index is 5.12. The van der Waals surface area contributed by atoms with Crippen LogP contribution in [0.5, 0.6) is 0 Å². The third-order valence-electron chi connectivity index (χ3n) is 0.763. The van der Waals surface area contributed by atoms with Gasteiger partial charge in [0.25, 0.3) is 0 Å². The molecule has 10 nitrogen and oxygen atoms in total. The molecule has 0 saturated carbocycles. The van der Waals surface area contributed by atoms with E-state index < -0.39 is 37.2 Å². The predicted octanol–water partition coefficient (Wildman–Crippen LogP) is -2.93. The fraction of sp³-hybridized carbons (Fsp3) is 0. The van der Waals surface area contributed by atoms with E-state index in [1.807, 2.05) is 0 Å². The molecule has 0 fully saturated rings. The van der Waals surface area contributed by atoms with Crippen molar-refractivity contribution in [1.82, 2.24) is 8.43 Å². The molecule has 1 atom stereocenters. The Hall–Kier alpha value is -1.40. The van der Waals surface area contributed by atoms with Crippen molar-refractivity contribution in [2.24, 2.45) is 11.5 Å². The average molecular weight is 245 g/mol. The summed E-state index contributed by atoms with van der Waals surface area (Å²) in [6.07, 6.45) is 0. The van der Waals surface area contributed by atoms with Crippen molar-refractivity contribution in [3.63, 3.8) is 0 Å². The Morgan fingerprint density at radius 1 is 1.36 bits per heavy atom. The number of amides is 4. The monoisotopic (exact) mass is 245 g/mol. The highest BCUT2D eigenvalue weighted by molar-refractivity contribution is 7.99. The van der Waals surface area contributed by atoms with Crippen molar-refractivity contribution < 1.29 is 26.8 Å². The standard InChI is InChI=1S/C2H6N4O6S2/c3-1(7)5-14(11,12)6(2(4)8)13(9)10/h(H2,4,8)(H,9,10)(H3,3,5,7)/p-1. The van der Waals surface area contributed by atoms with Crippen LogP contribution in [-0.4, -0.2) is 33.0 Å². The lowest BCUT2D eigenvalue weighted by molar-refractivity contribution is 0.242. The zero-order chi connectivity index (χ0) is 11.5. The zero-order valence-electron chi connectivity index (χ0n) is 6.37. The van der Waals surface area contributed by atoms with Gasteiger partial charge in [-0.2, -0.15) is 8.42 Å². The Morgan fingerprint density at radius 2 is 1.79 bits per heavy atom. The van der Waals surface area contributed by atoms with Gasteiger partial charge in [-0.15, -0.1) is 3.71 Å². The predicted molar refractivity (Wildman–Crippen MR) is 42.0 cm³/mol. The first-order valence-electron chi connectivity index (χ1n) is 2.70. The highest BCUT2D eigenvalue weighted by Gasteiger charge is 2.27. The van der Waals surface area contributed by atoms with Gasteiger partial charge in [-0.25, -0.2) is 14.3 Å². The van der Waals surface area contributed by atoms with Crippen molar-refractivity contribution in [2.45, 2.75) is 0 Å². The first kappa shape index (κ1) is 12.6. The third-order valence-corrected chi connectivity index (χ3v) is 3.24. The molecule has 0 rings (SSSR count). The summed E-state index contributed by atoms with van der Waals surface area (Å²) in [5.74, 6) is 0. The third kappa shape index (κ3) is 3.15. The minimum absolute atomic E-state index is 0.766. The number of nitrogens with zero attached hydrogens (tertiary/aromatic N) is 1. The maximum absolute atomic E-state index is 10.8. The summed E-state index contributed by atoms with van der Waals surface area (Å²) in [4.78, 5) is 20.5. The molecule has 1 unspecified atom stereocenters. The molecule has 82 valence electrons. The summed E-state index contributed by atoms with van der Waals surface area (Å²) in [6, 6.07) is -3.35. The van der Waals surface area contributed by atoms with Gasteiger partial charge in [-0.05, 0) is 0 Å². The van der Waals surface area contributed by atoms with Crippen LogP contribution < -0.4 is 16.2 Å². The number of carbonyl (C=O) groups is 2. The van der Waals surface area contributed by atoms with Crippen LogP contribution in [0, 0.1) is 0 Å². The molecule has 0 bridgehead atoms. The van der Waals surface area contributed by atoms with Crippen LogP contribution in [0.4, 0.5) is 9.59 Å². The average Bonchev–Trinajstić information content (AvgIpc) is 1.77. The lowest BCUT2D eigenvalue weighted by atomic mass is 11.2. The Labute approximate surface area is 80.8 Å². The lowest BCUT2D eigenvalue weighted by Crippen LogP contribution is -2.50. The summed E-state index contributed by atoms with van der Waals surface area (Å²) in [5, 5.41) is 0. The quantitative estimate of drug-likeness (QED) is 0.448. The normalized spacial score (nSPS) is 12.9. The molecule has 12 heteroatoms. The van der Waals surface area contributed by atoms with Crippen LogP contribution in [0.3, 0.4) is 0 Å². The molecular weight excluding hydrogens is 240 g/mol. The van der Waals surface area contributed by atoms with E-state index in [9.17, 15) is 26.8 Å². The fourth-order valence-corrected chi connectivity index (χ4v) is 1.91. The summed E-state index contributed by atoms with van der Waals surface area (Å²) < 4.78 is 42.4. The smallest absolute Gasteiger partial charge is 0.342 e. The second-order valence-electron chi connectivity index (χ2n) is 1.75. The molecule has 4 amide bonds. The van der Waals surface area contributed by atoms with Crippen molar-refractivity contribution in [1.29, 1.82) is 0 Å². The van der Waals surface area contributed by atoms with E-state index in [1.165, 1.54) is 0 Å². The van der Waals surface area contributed by atoms with E-state index in [1.54, 1.807) is 0 Å². The molecule has 0 radical (unpaired) electrons. The highest BCUT2D eigenvalue weighted by atomic mass is 32.3. The van der Waals surface area contributed by atoms with E-state index in [0.29, 0.717) is 0 Å². The number of urea groups is 2. The number of hydrogen-bond donors (Lipinski definition) is 3. The van der Waals surface area contributed by atoms with Gasteiger partial charge in [0.1, 0.15) is 0 Å². The number of hydrogen-bond acceptors (Lipinski definition) is 6. The van der Waals surface area contributed by atoms with Crippen LogP contribution in [0.2, 0.25) is 0 Å². The van der Waals surface area contributed by atoms with Crippen LogP contribution >= 0.6 is 0 Å². The minimum Gasteiger partial charge on any atom is -0.754 e. The molecule has 5 N–H and O–H groups in total. The van der Waals surface area contributed by atoms with Crippen LogP contribution in [0.25, 0.3) is 0 Å². The SMILES string of the molecule is NC(=O)NS(=O)(=O)N(C(N)=O)S(=O)[O-]. The summed E-state index contributed by atoms with van der Waals surface area (Å²) in [6.45, 7) is 0. The van der Waals surface area contributed by atoms with E-state index >= 15 is 0 Å². The highest BCUT2D eigenvalue weighted by Crippen LogP contribution is 1.99. The topological polar surface area (TPSA) is 176 Å². The maximum Gasteiger partial charge on any atom is 0.342 e. The first-order valence-corrected chi connectivity index (χ1v) is 5.17. The lowest BCUT2D eigenvalue weighted by Gasteiger charge is -2.20. The number of rotatable bonds is 3. The molecule has 0 heterocycles. The largest absolute Gasteiger partial charge is 0.754 e. The molecule has 0 aliphatic heterocycles. The van der Waals surface area contributed by atoms with Crippen molar-refractivity contribution in [2.75, 3.05) is 0 Å². The Kier molecular flexibility index (Phi) is 3.79. The van der Waals surface area contributed by atoms with E-state index in [4.69, 9.17) is 0 Å². The van der Waals surface area contributed by atoms with Gasteiger partial charge in [0.2, 0.25) is 0 Å². The molecule has 0 aliphatic carbocycles. The summed E-state index contributed by atoms with van der Waals surface area (Å²) in [7, 11) is -4.90. The van der Waals surface area contributed by atoms with Gasteiger partial charge < -0.3 is 16.0 Å². The van der Waals surface area contributed by atoms with Gasteiger partial charge >= 0.3 is 22.3 Å². The number of carbonyl (C=O) groups excluding carboxylic acids is 2. The Bertz CT molecular complexity index is 359. The zero-order valence-corrected chi connectivity index (χ0v) is 8.00. The molecule has 14 heavy (non-hydrogen) atoms. The van der Waals surface area contributed by atoms with Crippen LogP contribution in [-0.2, 0) is 21.5 Å². The van der Waals surface area contributed by atoms with E-state index in [-0.39, 0.29) is 0 Å². The molecule has 0 saturated heterocycles. The molecule has 0 aromatic carbocycles. The van der Waals surface area contributed by atoms with Gasteiger partial charge in [-0.3, -0.25) is 4.21 Å². The van der Waals surface area contributed by atoms with Gasteiger partial charge in [0, 0.05) is 0 Å². The second-order valence-corrected chi connectivity index (χ2v) is 4.30. The number of nitrogens with one attached hydrogen (secondary N) is 1. The maximum atomic E-state index is 10.8. The molecule has 0 aliphatic rings. The van der Waals surface area contributed by atoms with Crippen molar-refractivity contribution >= 4 is 33.5 Å². The first-order chi connectivity index (χ1) is 6.18. The molecule has 0 spiro atoms. The van der Waals surface area contributed by atoms with Gasteiger partial charge in [0.15, 0.2) is 0 Å². The van der Waals surface area contributed by atoms with Gasteiger partial charge in [-0.1, -0.05) is 0 Å². The summed E-state index contributed by atoms with van der Waals surface area (Å²) in [5.41, 5.74) is 8.83. The Morgan fingerprint density at radius 3 is 2.00 bits per heavy atom. The summed E-state index contributed by atoms with van der Waals surface area (Å²) >= 11 is -3.47. The minimum atomic E-state index is -4.90. The van der Waals surface area contributed by atoms with Crippen molar-refractivity contribution in [3.05, 3.63) is 0 Å². The number of nitrogens with two attached hydrogens (primary N) is 2. The van der Waals surface area contributed by atoms with Crippen LogP contribution in [0.15, 0.2) is 0 Å². The molecular formula is C2H5N4O6S2-. The van der Waals surface area contributed by atoms with Crippen molar-refractivity contribution in [3.8, 4) is 0 Å². The molecule has 0 aromatic heterocycles. The fourth-order valence-electron chi connectivity index (χ4n) is 0.441. The molecule has 0 aromatic rings.